The van der Waals surface area contributed by atoms with Gasteiger partial charge < -0.3 is 4.90 Å². The largest absolute Gasteiger partial charge is 0.306 e. The number of piperidine rings is 1. The van der Waals surface area contributed by atoms with Crippen LogP contribution in [0.3, 0.4) is 0 Å². The van der Waals surface area contributed by atoms with Gasteiger partial charge in [0.2, 0.25) is 0 Å². The molecule has 0 saturated carbocycles. The first-order valence-electron chi connectivity index (χ1n) is 9.40. The van der Waals surface area contributed by atoms with Crippen molar-refractivity contribution in [3.63, 3.8) is 0 Å². The van der Waals surface area contributed by atoms with Gasteiger partial charge in [-0.05, 0) is 69.0 Å². The number of rotatable bonds is 2. The topological polar surface area (TPSA) is 65.7 Å². The van der Waals surface area contributed by atoms with Crippen LogP contribution < -0.4 is 0 Å². The molecule has 1 fully saturated rings. The third kappa shape index (κ3) is 3.17. The van der Waals surface area contributed by atoms with Gasteiger partial charge in [-0.3, -0.25) is 4.98 Å². The van der Waals surface area contributed by atoms with E-state index in [1.54, 1.807) is 6.20 Å². The van der Waals surface area contributed by atoms with Crippen LogP contribution in [0.15, 0.2) is 30.5 Å². The van der Waals surface area contributed by atoms with Crippen molar-refractivity contribution in [3.05, 3.63) is 52.7 Å². The molecular formula is C22H23N5. The number of hydrogen-bond donors (Lipinski definition) is 0. The molecule has 5 nitrogen and oxygen atoms in total. The fourth-order valence-electron chi connectivity index (χ4n) is 4.14. The molecule has 0 unspecified atom stereocenters. The molecule has 3 aromatic rings. The molecule has 5 heteroatoms. The van der Waals surface area contributed by atoms with E-state index in [1.807, 2.05) is 13.0 Å². The van der Waals surface area contributed by atoms with Gasteiger partial charge in [-0.15, -0.1) is 10.2 Å². The maximum atomic E-state index is 9.07. The Kier molecular flexibility index (Phi) is 4.59. The lowest BCUT2D eigenvalue weighted by Gasteiger charge is -2.30. The van der Waals surface area contributed by atoms with Crippen LogP contribution in [-0.2, 0) is 0 Å². The summed E-state index contributed by atoms with van der Waals surface area (Å²) in [6, 6.07) is 10.4. The first-order valence-corrected chi connectivity index (χ1v) is 9.40. The molecule has 0 aliphatic carbocycles. The SMILES string of the molecule is Cc1cc(C#N)cnc1-c1nnc2c([C@H]3CCCN(C)C3)cccc2c1C. The van der Waals surface area contributed by atoms with Crippen molar-refractivity contribution >= 4 is 10.9 Å². The molecule has 1 atom stereocenters. The number of hydrogen-bond acceptors (Lipinski definition) is 5. The van der Waals surface area contributed by atoms with Crippen LogP contribution in [0.25, 0.3) is 22.3 Å². The van der Waals surface area contributed by atoms with Gasteiger partial charge in [0, 0.05) is 18.1 Å². The van der Waals surface area contributed by atoms with E-state index in [9.17, 15) is 0 Å². The fraction of sp³-hybridized carbons (Fsp3) is 0.364. The van der Waals surface area contributed by atoms with Gasteiger partial charge in [0.1, 0.15) is 11.8 Å². The van der Waals surface area contributed by atoms with E-state index >= 15 is 0 Å². The van der Waals surface area contributed by atoms with Gasteiger partial charge in [-0.2, -0.15) is 5.26 Å². The highest BCUT2D eigenvalue weighted by Gasteiger charge is 2.22. The first kappa shape index (κ1) is 17.6. The van der Waals surface area contributed by atoms with Crippen molar-refractivity contribution in [1.29, 1.82) is 5.26 Å². The number of fused-ring (bicyclic) bond motifs is 1. The molecule has 0 N–H and O–H groups in total. The Morgan fingerprint density at radius 3 is 2.78 bits per heavy atom. The summed E-state index contributed by atoms with van der Waals surface area (Å²) in [5, 5.41) is 19.4. The zero-order valence-electron chi connectivity index (χ0n) is 16.0. The van der Waals surface area contributed by atoms with Crippen molar-refractivity contribution in [2.45, 2.75) is 32.6 Å². The molecule has 1 aromatic carbocycles. The second kappa shape index (κ2) is 7.05. The number of aromatic nitrogens is 3. The summed E-state index contributed by atoms with van der Waals surface area (Å²) in [7, 11) is 2.19. The van der Waals surface area contributed by atoms with Crippen LogP contribution in [0.2, 0.25) is 0 Å². The van der Waals surface area contributed by atoms with E-state index in [2.05, 4.69) is 58.3 Å². The highest BCUT2D eigenvalue weighted by molar-refractivity contribution is 5.89. The first-order chi connectivity index (χ1) is 13.1. The van der Waals surface area contributed by atoms with Crippen molar-refractivity contribution in [1.82, 2.24) is 20.1 Å². The summed E-state index contributed by atoms with van der Waals surface area (Å²) in [4.78, 5) is 6.87. The Balaban J connectivity index is 1.83. The molecule has 0 amide bonds. The maximum absolute atomic E-state index is 9.07. The highest BCUT2D eigenvalue weighted by atomic mass is 15.1. The summed E-state index contributed by atoms with van der Waals surface area (Å²) >= 11 is 0. The van der Waals surface area contributed by atoms with Crippen LogP contribution in [-0.4, -0.2) is 40.2 Å². The Hall–Kier alpha value is -2.84. The Labute approximate surface area is 159 Å². The van der Waals surface area contributed by atoms with Gasteiger partial charge in [-0.1, -0.05) is 18.2 Å². The monoisotopic (exact) mass is 357 g/mol. The van der Waals surface area contributed by atoms with Crippen molar-refractivity contribution in [2.24, 2.45) is 0 Å². The average molecular weight is 357 g/mol. The van der Waals surface area contributed by atoms with Gasteiger partial charge in [0.05, 0.1) is 16.8 Å². The molecule has 0 spiro atoms. The molecule has 27 heavy (non-hydrogen) atoms. The summed E-state index contributed by atoms with van der Waals surface area (Å²) in [6.45, 7) is 6.28. The molecule has 2 aromatic heterocycles. The number of nitriles is 1. The summed E-state index contributed by atoms with van der Waals surface area (Å²) in [5.41, 5.74) is 6.48. The summed E-state index contributed by atoms with van der Waals surface area (Å²) in [6.07, 6.45) is 4.01. The normalized spacial score (nSPS) is 17.8. The number of aryl methyl sites for hydroxylation is 2. The predicted octanol–water partition coefficient (Wildman–Crippen LogP) is 3.99. The summed E-state index contributed by atoms with van der Waals surface area (Å²) in [5.74, 6) is 0.502. The molecule has 3 heterocycles. The Morgan fingerprint density at radius 1 is 1.19 bits per heavy atom. The smallest absolute Gasteiger partial charge is 0.115 e. The van der Waals surface area contributed by atoms with E-state index in [-0.39, 0.29) is 0 Å². The number of benzene rings is 1. The second-order valence-corrected chi connectivity index (χ2v) is 7.52. The summed E-state index contributed by atoms with van der Waals surface area (Å²) < 4.78 is 0. The fourth-order valence-corrected chi connectivity index (χ4v) is 4.14. The third-order valence-corrected chi connectivity index (χ3v) is 5.57. The lowest BCUT2D eigenvalue weighted by Crippen LogP contribution is -2.31. The van der Waals surface area contributed by atoms with Crippen LogP contribution >= 0.6 is 0 Å². The molecule has 1 aliphatic rings. The molecule has 0 radical (unpaired) electrons. The van der Waals surface area contributed by atoms with Crippen molar-refractivity contribution in [2.75, 3.05) is 20.1 Å². The quantitative estimate of drug-likeness (QED) is 0.694. The van der Waals surface area contributed by atoms with Crippen LogP contribution in [0.5, 0.6) is 0 Å². The van der Waals surface area contributed by atoms with E-state index in [1.165, 1.54) is 24.9 Å². The molecule has 4 rings (SSSR count). The van der Waals surface area contributed by atoms with Crippen LogP contribution in [0.4, 0.5) is 0 Å². The van der Waals surface area contributed by atoms with E-state index in [0.717, 1.165) is 40.0 Å². The van der Waals surface area contributed by atoms with Gasteiger partial charge >= 0.3 is 0 Å². The number of likely N-dealkylation sites (N-methyl/N-ethyl adjacent to an activating group) is 1. The maximum Gasteiger partial charge on any atom is 0.115 e. The molecule has 1 aliphatic heterocycles. The number of nitrogens with zero attached hydrogens (tertiary/aromatic N) is 5. The predicted molar refractivity (Wildman–Crippen MR) is 106 cm³/mol. The van der Waals surface area contributed by atoms with Gasteiger partial charge in [0.25, 0.3) is 0 Å². The minimum Gasteiger partial charge on any atom is -0.306 e. The van der Waals surface area contributed by atoms with E-state index < -0.39 is 0 Å². The zero-order chi connectivity index (χ0) is 19.0. The van der Waals surface area contributed by atoms with Crippen LogP contribution in [0, 0.1) is 25.2 Å². The lowest BCUT2D eigenvalue weighted by atomic mass is 9.88. The molecule has 0 bridgehead atoms. The minimum absolute atomic E-state index is 0.502. The molecular weight excluding hydrogens is 334 g/mol. The van der Waals surface area contributed by atoms with E-state index in [0.29, 0.717) is 11.5 Å². The Morgan fingerprint density at radius 2 is 2.04 bits per heavy atom. The second-order valence-electron chi connectivity index (χ2n) is 7.52. The highest BCUT2D eigenvalue weighted by Crippen LogP contribution is 2.34. The third-order valence-electron chi connectivity index (χ3n) is 5.57. The lowest BCUT2D eigenvalue weighted by molar-refractivity contribution is 0.251. The van der Waals surface area contributed by atoms with Crippen LogP contribution in [0.1, 0.15) is 41.0 Å². The standard InChI is InChI=1S/C22H23N5/c1-14-10-16(11-23)12-24-20(14)21-15(2)18-7-4-8-19(22(18)26-25-21)17-6-5-9-27(3)13-17/h4,7-8,10,12,17H,5-6,9,13H2,1-3H3/t17-/m0/s1. The van der Waals surface area contributed by atoms with E-state index in [4.69, 9.17) is 5.26 Å². The van der Waals surface area contributed by atoms with Crippen molar-refractivity contribution in [3.8, 4) is 17.5 Å². The van der Waals surface area contributed by atoms with Gasteiger partial charge in [-0.25, -0.2) is 0 Å². The zero-order valence-corrected chi connectivity index (χ0v) is 16.0. The Bertz CT molecular complexity index is 1050. The molecule has 136 valence electrons. The van der Waals surface area contributed by atoms with Crippen molar-refractivity contribution < 1.29 is 0 Å². The number of pyridine rings is 1. The minimum atomic E-state index is 0.502. The average Bonchev–Trinajstić information content (AvgIpc) is 2.68. The number of likely N-dealkylation sites (tertiary alicyclic amines) is 1. The van der Waals surface area contributed by atoms with Gasteiger partial charge in [0.15, 0.2) is 0 Å². The molecule has 1 saturated heterocycles.